The number of hydrogen-bond acceptors (Lipinski definition) is 6. The molecule has 672 valence electrons. The molecule has 0 saturated carbocycles. The van der Waals surface area contributed by atoms with Crippen LogP contribution in [0, 0.1) is 0 Å². The molecule has 2 aliphatic carbocycles. The zero-order valence-corrected chi connectivity index (χ0v) is 78.9. The fraction of sp³-hybridized carbons (Fsp3) is 0.0455. The van der Waals surface area contributed by atoms with Crippen molar-refractivity contribution in [1.82, 2.24) is 52.7 Å². The molecule has 7 aromatic heterocycles. The van der Waals surface area contributed by atoms with E-state index in [0.717, 1.165) is 111 Å². The molecule has 0 saturated heterocycles. The Hall–Kier alpha value is -18.6. The summed E-state index contributed by atoms with van der Waals surface area (Å²) in [5.74, 6) is 3.70. The maximum Gasteiger partial charge on any atom is 0.238 e. The van der Waals surface area contributed by atoms with Gasteiger partial charge in [0.25, 0.3) is 0 Å². The zero-order valence-electron chi connectivity index (χ0n) is 78.9. The van der Waals surface area contributed by atoms with Gasteiger partial charge in [0.1, 0.15) is 0 Å². The second-order valence-electron chi connectivity index (χ2n) is 38.9. The van der Waals surface area contributed by atoms with Gasteiger partial charge in [0.05, 0.1) is 55.2 Å². The highest BCUT2D eigenvalue weighted by Crippen LogP contribution is 2.55. The molecule has 7 heterocycles. The van der Waals surface area contributed by atoms with Crippen molar-refractivity contribution in [2.45, 2.75) is 38.5 Å². The number of nitrogens with zero attached hydrogens (tertiary/aromatic N) is 11. The van der Waals surface area contributed by atoms with Gasteiger partial charge in [-0.3, -0.25) is 9.13 Å². The number of hydrogen-bond donors (Lipinski definition) is 0. The lowest BCUT2D eigenvalue weighted by molar-refractivity contribution is 0.661. The quantitative estimate of drug-likeness (QED) is 0.114. The largest absolute Gasteiger partial charge is 0.309 e. The standard InChI is InChI=1S/C69H49N5.C63H40N6/c1-68(2)57-26-16-14-24-49(57)51-38-55-53-36-46(32-34-61(53)73(63(55)40-59(51)68)48-22-12-7-13-23-48)42-28-30-43(31-29-42)47-33-35-62-54(37-47)56-39-52-50-25-15-17-27-58(50)69(3,4)60(52)41-64(56)74(62)67-71-65(44-18-8-5-9-19-44)70-66(72-67)45-20-10-6-11-21-45;1-5-17-43(18-6-1)61-64-62(44-19-7-2-8-20-44)66-63(65-61)69-56-28-16-14-26-50(56)53-39-45(34-38-58(53)69)41-29-31-42(32-30-41)46-33-37-57-54(40-46)52-36-35-51-49-25-13-15-27-55(49)67(47-21-9-3-10-22-47)59(51)60(52)68(57)48-23-11-4-12-24-48/h5-41H,1-4H3;1-40H. The van der Waals surface area contributed by atoms with E-state index in [4.69, 9.17) is 29.9 Å². The number of benzene rings is 20. The molecule has 20 aromatic carbocycles. The predicted octanol–water partition coefficient (Wildman–Crippen LogP) is 33.2. The molecule has 0 amide bonds. The number of rotatable bonds is 13. The first-order chi connectivity index (χ1) is 70.4. The van der Waals surface area contributed by atoms with Crippen LogP contribution in [-0.4, -0.2) is 52.7 Å². The molecular formula is C132H89N11. The van der Waals surface area contributed by atoms with Crippen LogP contribution < -0.4 is 0 Å². The van der Waals surface area contributed by atoms with E-state index in [1.807, 2.05) is 97.1 Å². The maximum absolute atomic E-state index is 5.28. The zero-order chi connectivity index (χ0) is 94.9. The van der Waals surface area contributed by atoms with Crippen LogP contribution in [0.25, 0.3) is 250 Å². The normalized spacial score (nSPS) is 12.9. The highest BCUT2D eigenvalue weighted by Gasteiger charge is 2.39. The first kappa shape index (κ1) is 82.7. The third-order valence-electron chi connectivity index (χ3n) is 30.1. The monoisotopic (exact) mass is 1830 g/mol. The summed E-state index contributed by atoms with van der Waals surface area (Å²) < 4.78 is 11.8. The lowest BCUT2D eigenvalue weighted by atomic mass is 9.82. The molecule has 0 aliphatic heterocycles. The van der Waals surface area contributed by atoms with Gasteiger partial charge in [-0.2, -0.15) is 19.9 Å². The smallest absolute Gasteiger partial charge is 0.238 e. The Balaban J connectivity index is 0.000000140. The Labute approximate surface area is 825 Å². The summed E-state index contributed by atoms with van der Waals surface area (Å²) in [6.45, 7) is 9.41. The molecule has 0 spiro atoms. The predicted molar refractivity (Wildman–Crippen MR) is 590 cm³/mol. The van der Waals surface area contributed by atoms with E-state index in [1.54, 1.807) is 0 Å². The second kappa shape index (κ2) is 32.5. The molecule has 0 unspecified atom stereocenters. The summed E-state index contributed by atoms with van der Waals surface area (Å²) in [5, 5.41) is 12.0. The minimum atomic E-state index is -0.190. The third kappa shape index (κ3) is 13.3. The van der Waals surface area contributed by atoms with E-state index < -0.39 is 0 Å². The van der Waals surface area contributed by atoms with Crippen molar-refractivity contribution >= 4 is 109 Å². The number of aromatic nitrogens is 11. The highest BCUT2D eigenvalue weighted by molar-refractivity contribution is 6.25. The van der Waals surface area contributed by atoms with E-state index in [9.17, 15) is 0 Å². The van der Waals surface area contributed by atoms with E-state index in [0.29, 0.717) is 35.2 Å². The minimum Gasteiger partial charge on any atom is -0.309 e. The van der Waals surface area contributed by atoms with Crippen molar-refractivity contribution in [2.75, 3.05) is 0 Å². The Bertz CT molecular complexity index is 9730. The van der Waals surface area contributed by atoms with Crippen LogP contribution in [0.2, 0.25) is 0 Å². The van der Waals surface area contributed by atoms with Crippen molar-refractivity contribution in [3.05, 3.63) is 489 Å². The van der Waals surface area contributed by atoms with Crippen molar-refractivity contribution < 1.29 is 0 Å². The maximum atomic E-state index is 5.28. The Morgan fingerprint density at radius 1 is 0.154 bits per heavy atom. The Morgan fingerprint density at radius 2 is 0.406 bits per heavy atom. The first-order valence-corrected chi connectivity index (χ1v) is 49.0. The van der Waals surface area contributed by atoms with Crippen LogP contribution in [-0.2, 0) is 10.8 Å². The van der Waals surface area contributed by atoms with Gasteiger partial charge in [-0.1, -0.05) is 373 Å². The van der Waals surface area contributed by atoms with Gasteiger partial charge in [0, 0.05) is 104 Å². The highest BCUT2D eigenvalue weighted by atomic mass is 15.2. The van der Waals surface area contributed by atoms with Gasteiger partial charge in [0.15, 0.2) is 23.3 Å². The minimum absolute atomic E-state index is 0.0940. The summed E-state index contributed by atoms with van der Waals surface area (Å²) in [7, 11) is 0. The first-order valence-electron chi connectivity index (χ1n) is 49.0. The van der Waals surface area contributed by atoms with Crippen LogP contribution in [0.15, 0.2) is 467 Å². The van der Waals surface area contributed by atoms with Gasteiger partial charge in [-0.05, 0) is 210 Å². The topological polar surface area (TPSA) is 102 Å². The van der Waals surface area contributed by atoms with E-state index in [2.05, 4.69) is 421 Å². The molecule has 0 N–H and O–H groups in total. The van der Waals surface area contributed by atoms with Crippen molar-refractivity contribution in [3.63, 3.8) is 0 Å². The molecule has 0 bridgehead atoms. The van der Waals surface area contributed by atoms with Crippen LogP contribution in [0.1, 0.15) is 49.9 Å². The van der Waals surface area contributed by atoms with Crippen LogP contribution in [0.4, 0.5) is 0 Å². The molecule has 0 radical (unpaired) electrons. The fourth-order valence-electron chi connectivity index (χ4n) is 23.2. The summed E-state index contributed by atoms with van der Waals surface area (Å²) >= 11 is 0. The molecule has 0 fully saturated rings. The van der Waals surface area contributed by atoms with Crippen molar-refractivity contribution in [2.24, 2.45) is 0 Å². The van der Waals surface area contributed by atoms with E-state index in [-0.39, 0.29) is 10.8 Å². The molecule has 2 aliphatic rings. The molecule has 11 nitrogen and oxygen atoms in total. The molecule has 0 atom stereocenters. The second-order valence-corrected chi connectivity index (χ2v) is 38.9. The SMILES string of the molecule is CC1(C)c2ccccc2-c2cc3c4cc(-c5ccc(-c6ccc7c(c6)c6cc8c(cc6n7-c6nc(-c7ccccc7)nc(-c7ccccc7)n6)C(C)(C)c6ccccc6-8)cc5)ccc4n(-c4ccccc4)c3cc21.c1ccc(-c2nc(-c3ccccc3)nc(-n3c4ccccc4c4cc(-c5ccc(-c6ccc7c(c6)c6ccc8c9ccccc9n(-c9ccccc9)c8c6n7-c6ccccc6)cc5)ccc43)n2)cc1. The van der Waals surface area contributed by atoms with Crippen molar-refractivity contribution in [3.8, 4) is 141 Å². The van der Waals surface area contributed by atoms with Crippen molar-refractivity contribution in [1.29, 1.82) is 0 Å². The molecule has 27 aromatic rings. The number of fused-ring (bicyclic) bond motifs is 22. The average Bonchev–Trinajstić information content (AvgIpc) is 1.54. The van der Waals surface area contributed by atoms with E-state index in [1.165, 1.54) is 127 Å². The van der Waals surface area contributed by atoms with Crippen LogP contribution in [0.3, 0.4) is 0 Å². The lowest BCUT2D eigenvalue weighted by Gasteiger charge is -2.21. The molecule has 29 rings (SSSR count). The third-order valence-corrected chi connectivity index (χ3v) is 30.1. The average molecular weight is 1830 g/mol. The van der Waals surface area contributed by atoms with Gasteiger partial charge in [0.2, 0.25) is 11.9 Å². The Kier molecular flexibility index (Phi) is 18.8. The lowest BCUT2D eigenvalue weighted by Crippen LogP contribution is -2.15. The van der Waals surface area contributed by atoms with E-state index >= 15 is 0 Å². The van der Waals surface area contributed by atoms with Crippen LogP contribution >= 0.6 is 0 Å². The van der Waals surface area contributed by atoms with Gasteiger partial charge in [-0.15, -0.1) is 0 Å². The molecule has 11 heteroatoms. The number of para-hydroxylation sites is 5. The Morgan fingerprint density at radius 3 is 0.783 bits per heavy atom. The van der Waals surface area contributed by atoms with Crippen LogP contribution in [0.5, 0.6) is 0 Å². The van der Waals surface area contributed by atoms with Gasteiger partial charge in [-0.25, -0.2) is 9.97 Å². The summed E-state index contributed by atoms with van der Waals surface area (Å²) in [4.78, 5) is 30.8. The summed E-state index contributed by atoms with van der Waals surface area (Å²) in [6.07, 6.45) is 0. The van der Waals surface area contributed by atoms with Gasteiger partial charge < -0.3 is 13.7 Å². The summed E-state index contributed by atoms with van der Waals surface area (Å²) in [5.41, 5.74) is 38.2. The fourth-order valence-corrected chi connectivity index (χ4v) is 23.2. The molecule has 143 heavy (non-hydrogen) atoms. The molecular weight excluding hydrogens is 1740 g/mol. The van der Waals surface area contributed by atoms with Gasteiger partial charge >= 0.3 is 0 Å². The summed E-state index contributed by atoms with van der Waals surface area (Å²) in [6, 6.07) is 168.